The van der Waals surface area contributed by atoms with E-state index in [1.807, 2.05) is 48.0 Å². The first-order valence-corrected chi connectivity index (χ1v) is 9.65. The number of fused-ring (bicyclic) bond motifs is 1. The van der Waals surface area contributed by atoms with Crippen LogP contribution in [0.2, 0.25) is 0 Å². The number of nitrogens with zero attached hydrogens (tertiary/aromatic N) is 4. The SMILES string of the molecule is Cc1ccn(C2CCNCC2)c(=O)c1C(=O)N(C)Cc1cnc2ccccn12.Cl.Cl. The van der Waals surface area contributed by atoms with Gasteiger partial charge in [-0.2, -0.15) is 0 Å². The Balaban J connectivity index is 0.00000160. The molecule has 1 amide bonds. The van der Waals surface area contributed by atoms with E-state index in [9.17, 15) is 9.59 Å². The van der Waals surface area contributed by atoms with E-state index in [1.165, 1.54) is 0 Å². The lowest BCUT2D eigenvalue weighted by Gasteiger charge is -2.26. The first kappa shape index (κ1) is 23.9. The van der Waals surface area contributed by atoms with Gasteiger partial charge in [0.25, 0.3) is 11.5 Å². The molecule has 0 atom stereocenters. The van der Waals surface area contributed by atoms with E-state index in [0.29, 0.717) is 12.1 Å². The molecule has 7 nitrogen and oxygen atoms in total. The maximum absolute atomic E-state index is 13.2. The molecule has 1 aliphatic rings. The van der Waals surface area contributed by atoms with Crippen molar-refractivity contribution >= 4 is 36.4 Å². The first-order chi connectivity index (χ1) is 13.6. The number of carbonyl (C=O) groups excluding carboxylic acids is 1. The van der Waals surface area contributed by atoms with Crippen molar-refractivity contribution in [2.24, 2.45) is 0 Å². The molecule has 0 saturated carbocycles. The summed E-state index contributed by atoms with van der Waals surface area (Å²) < 4.78 is 3.69. The Hall–Kier alpha value is -2.35. The number of amides is 1. The molecule has 162 valence electrons. The Morgan fingerprint density at radius 2 is 1.93 bits per heavy atom. The van der Waals surface area contributed by atoms with Gasteiger partial charge in [-0.1, -0.05) is 6.07 Å². The van der Waals surface area contributed by atoms with Crippen LogP contribution in [-0.2, 0) is 6.54 Å². The lowest BCUT2D eigenvalue weighted by molar-refractivity contribution is 0.0779. The number of nitrogens with one attached hydrogen (secondary N) is 1. The van der Waals surface area contributed by atoms with E-state index >= 15 is 0 Å². The van der Waals surface area contributed by atoms with E-state index in [1.54, 1.807) is 22.7 Å². The molecule has 30 heavy (non-hydrogen) atoms. The van der Waals surface area contributed by atoms with Crippen molar-refractivity contribution in [1.82, 2.24) is 24.2 Å². The maximum Gasteiger partial charge on any atom is 0.263 e. The van der Waals surface area contributed by atoms with Gasteiger partial charge < -0.3 is 19.2 Å². The van der Waals surface area contributed by atoms with Gasteiger partial charge in [0.05, 0.1) is 18.4 Å². The zero-order valence-electron chi connectivity index (χ0n) is 17.1. The molecule has 0 spiro atoms. The van der Waals surface area contributed by atoms with Crippen LogP contribution in [0.15, 0.2) is 47.7 Å². The van der Waals surface area contributed by atoms with Crippen molar-refractivity contribution in [3.05, 3.63) is 70.0 Å². The minimum absolute atomic E-state index is 0. The number of pyridine rings is 2. The number of halogens is 2. The number of aryl methyl sites for hydroxylation is 1. The number of hydrogen-bond donors (Lipinski definition) is 1. The molecule has 0 radical (unpaired) electrons. The summed E-state index contributed by atoms with van der Waals surface area (Å²) in [5, 5.41) is 3.31. The van der Waals surface area contributed by atoms with Crippen molar-refractivity contribution in [1.29, 1.82) is 0 Å². The molecule has 0 aliphatic carbocycles. The van der Waals surface area contributed by atoms with Gasteiger partial charge in [0.1, 0.15) is 11.2 Å². The van der Waals surface area contributed by atoms with Crippen LogP contribution in [0, 0.1) is 6.92 Å². The summed E-state index contributed by atoms with van der Waals surface area (Å²) in [4.78, 5) is 32.2. The van der Waals surface area contributed by atoms with Crippen molar-refractivity contribution in [2.45, 2.75) is 32.4 Å². The highest BCUT2D eigenvalue weighted by atomic mass is 35.5. The van der Waals surface area contributed by atoms with Gasteiger partial charge in [0, 0.05) is 25.5 Å². The summed E-state index contributed by atoms with van der Waals surface area (Å²) in [5.41, 5.74) is 2.52. The van der Waals surface area contributed by atoms with E-state index in [2.05, 4.69) is 10.3 Å². The summed E-state index contributed by atoms with van der Waals surface area (Å²) in [6, 6.07) is 7.80. The smallest absolute Gasteiger partial charge is 0.263 e. The highest BCUT2D eigenvalue weighted by Gasteiger charge is 2.23. The number of hydrogen-bond acceptors (Lipinski definition) is 4. The second kappa shape index (κ2) is 10.1. The Bertz CT molecular complexity index is 1070. The lowest BCUT2D eigenvalue weighted by Crippen LogP contribution is -2.39. The zero-order chi connectivity index (χ0) is 19.7. The normalized spacial score (nSPS) is 14.1. The number of imidazole rings is 1. The fourth-order valence-corrected chi connectivity index (χ4v) is 3.88. The van der Waals surface area contributed by atoms with Gasteiger partial charge in [-0.15, -0.1) is 24.8 Å². The van der Waals surface area contributed by atoms with Crippen molar-refractivity contribution in [3.8, 4) is 0 Å². The Morgan fingerprint density at radius 1 is 1.20 bits per heavy atom. The van der Waals surface area contributed by atoms with E-state index in [0.717, 1.165) is 37.3 Å². The molecule has 3 aromatic heterocycles. The van der Waals surface area contributed by atoms with Crippen LogP contribution in [0.3, 0.4) is 0 Å². The van der Waals surface area contributed by atoms with Crippen LogP contribution in [0.1, 0.15) is 40.5 Å². The fourth-order valence-electron chi connectivity index (χ4n) is 3.88. The monoisotopic (exact) mass is 451 g/mol. The lowest BCUT2D eigenvalue weighted by atomic mass is 10.0. The van der Waals surface area contributed by atoms with Crippen LogP contribution < -0.4 is 10.9 Å². The highest BCUT2D eigenvalue weighted by molar-refractivity contribution is 5.95. The molecule has 0 aromatic carbocycles. The average molecular weight is 452 g/mol. The van der Waals surface area contributed by atoms with Crippen molar-refractivity contribution in [2.75, 3.05) is 20.1 Å². The average Bonchev–Trinajstić information content (AvgIpc) is 3.11. The Kier molecular flexibility index (Phi) is 8.06. The van der Waals surface area contributed by atoms with Gasteiger partial charge in [0.2, 0.25) is 0 Å². The Labute approximate surface area is 187 Å². The molecule has 4 rings (SSSR count). The topological polar surface area (TPSA) is 71.6 Å². The van der Waals surface area contributed by atoms with Gasteiger partial charge in [-0.3, -0.25) is 9.59 Å². The van der Waals surface area contributed by atoms with Gasteiger partial charge in [0.15, 0.2) is 0 Å². The van der Waals surface area contributed by atoms with Crippen LogP contribution in [0.4, 0.5) is 0 Å². The predicted octanol–water partition coefficient (Wildman–Crippen LogP) is 2.84. The van der Waals surface area contributed by atoms with Crippen molar-refractivity contribution < 1.29 is 4.79 Å². The van der Waals surface area contributed by atoms with E-state index in [-0.39, 0.29) is 47.9 Å². The minimum Gasteiger partial charge on any atom is -0.336 e. The third kappa shape index (κ3) is 4.53. The summed E-state index contributed by atoms with van der Waals surface area (Å²) >= 11 is 0. The largest absolute Gasteiger partial charge is 0.336 e. The number of carbonyl (C=O) groups is 1. The Morgan fingerprint density at radius 3 is 2.67 bits per heavy atom. The van der Waals surface area contributed by atoms with Crippen LogP contribution in [-0.4, -0.2) is 44.9 Å². The molecule has 1 saturated heterocycles. The summed E-state index contributed by atoms with van der Waals surface area (Å²) in [6.45, 7) is 3.99. The van der Waals surface area contributed by atoms with Gasteiger partial charge >= 0.3 is 0 Å². The van der Waals surface area contributed by atoms with Crippen LogP contribution >= 0.6 is 24.8 Å². The van der Waals surface area contributed by atoms with Gasteiger partial charge in [-0.05, 0) is 56.6 Å². The molecule has 1 N–H and O–H groups in total. The number of aromatic nitrogens is 3. The molecule has 9 heteroatoms. The molecule has 0 unspecified atom stereocenters. The quantitative estimate of drug-likeness (QED) is 0.661. The van der Waals surface area contributed by atoms with Crippen LogP contribution in [0.5, 0.6) is 0 Å². The number of rotatable bonds is 4. The molecule has 4 heterocycles. The molecule has 3 aromatic rings. The zero-order valence-corrected chi connectivity index (χ0v) is 18.7. The maximum atomic E-state index is 13.2. The molecule has 1 fully saturated rings. The number of piperidine rings is 1. The molecule has 1 aliphatic heterocycles. The van der Waals surface area contributed by atoms with Crippen molar-refractivity contribution in [3.63, 3.8) is 0 Å². The summed E-state index contributed by atoms with van der Waals surface area (Å²) in [7, 11) is 1.73. The predicted molar refractivity (Wildman–Crippen MR) is 122 cm³/mol. The van der Waals surface area contributed by atoms with E-state index < -0.39 is 0 Å². The first-order valence-electron chi connectivity index (χ1n) is 9.65. The summed E-state index contributed by atoms with van der Waals surface area (Å²) in [6.07, 6.45) is 7.32. The fraction of sp³-hybridized carbons (Fsp3) is 0.381. The molecular weight excluding hydrogens is 425 g/mol. The summed E-state index contributed by atoms with van der Waals surface area (Å²) in [5.74, 6) is -0.253. The third-order valence-electron chi connectivity index (χ3n) is 5.48. The molecule has 0 bridgehead atoms. The standard InChI is InChI=1S/C21H25N5O2.2ClH/c1-15-8-12-26(16-6-9-22-10-7-16)21(28)19(15)20(27)24(2)14-17-13-23-18-5-3-4-11-25(17)18;;/h3-5,8,11-13,16,22H,6-7,9-10,14H2,1-2H3;2*1H. The second-order valence-corrected chi connectivity index (χ2v) is 7.41. The second-order valence-electron chi connectivity index (χ2n) is 7.41. The van der Waals surface area contributed by atoms with E-state index in [4.69, 9.17) is 0 Å². The van der Waals surface area contributed by atoms with Gasteiger partial charge in [-0.25, -0.2) is 4.98 Å². The highest BCUT2D eigenvalue weighted by Crippen LogP contribution is 2.18. The molecular formula is C21H27Cl2N5O2. The van der Waals surface area contributed by atoms with Crippen LogP contribution in [0.25, 0.3) is 5.65 Å². The minimum atomic E-state index is -0.253. The third-order valence-corrected chi connectivity index (χ3v) is 5.48.